The van der Waals surface area contributed by atoms with E-state index in [1.807, 2.05) is 0 Å². The highest BCUT2D eigenvalue weighted by molar-refractivity contribution is 5.90. The number of rotatable bonds is 7. The third-order valence-corrected chi connectivity index (χ3v) is 5.56. The normalized spacial score (nSPS) is 21.3. The SMILES string of the molecule is O=C(C[C@@H]1CC[C@@H](NC(=O)Nc2ccc3c(c2)OCO3)[C@@H](CO)O1)NCc1ccc(F)cc1. The van der Waals surface area contributed by atoms with Crippen molar-refractivity contribution in [3.05, 3.63) is 53.8 Å². The predicted octanol–water partition coefficient (Wildman–Crippen LogP) is 2.29. The second kappa shape index (κ2) is 10.5. The Bertz CT molecular complexity index is 987. The van der Waals surface area contributed by atoms with Gasteiger partial charge >= 0.3 is 6.03 Å². The number of benzene rings is 2. The number of carbonyl (C=O) groups excluding carboxylic acids is 2. The summed E-state index contributed by atoms with van der Waals surface area (Å²) in [6.07, 6.45) is 0.236. The fourth-order valence-electron chi connectivity index (χ4n) is 3.84. The molecule has 2 aliphatic heterocycles. The van der Waals surface area contributed by atoms with E-state index in [0.29, 0.717) is 36.6 Å². The van der Waals surface area contributed by atoms with Crippen molar-refractivity contribution < 1.29 is 33.3 Å². The van der Waals surface area contributed by atoms with Gasteiger partial charge < -0.3 is 35.3 Å². The standard InChI is InChI=1S/C23H26FN3O6/c24-15-3-1-14(2-4-15)11-25-22(29)10-17-6-7-18(21(12-28)33-17)27-23(30)26-16-5-8-19-20(9-16)32-13-31-19/h1-5,8-9,17-18,21,28H,6-7,10-13H2,(H,25,29)(H2,26,27,30)/t17-,18+,21+/m0/s1. The third-order valence-electron chi connectivity index (χ3n) is 5.56. The van der Waals surface area contributed by atoms with Gasteiger partial charge in [-0.2, -0.15) is 0 Å². The minimum atomic E-state index is -0.629. The van der Waals surface area contributed by atoms with Gasteiger partial charge in [-0.25, -0.2) is 9.18 Å². The molecule has 176 valence electrons. The van der Waals surface area contributed by atoms with E-state index >= 15 is 0 Å². The van der Waals surface area contributed by atoms with Crippen molar-refractivity contribution >= 4 is 17.6 Å². The maximum atomic E-state index is 13.0. The Kier molecular flexibility index (Phi) is 7.26. The first-order chi connectivity index (χ1) is 16.0. The lowest BCUT2D eigenvalue weighted by Crippen LogP contribution is -2.52. The number of anilines is 1. The summed E-state index contributed by atoms with van der Waals surface area (Å²) in [5.74, 6) is 0.647. The van der Waals surface area contributed by atoms with Crippen LogP contribution < -0.4 is 25.4 Å². The fraction of sp³-hybridized carbons (Fsp3) is 0.391. The highest BCUT2D eigenvalue weighted by atomic mass is 19.1. The van der Waals surface area contributed by atoms with Crippen LogP contribution in [-0.2, 0) is 16.1 Å². The maximum absolute atomic E-state index is 13.0. The molecule has 0 radical (unpaired) electrons. The van der Waals surface area contributed by atoms with Crippen LogP contribution in [0.25, 0.3) is 0 Å². The molecule has 4 N–H and O–H groups in total. The molecule has 9 nitrogen and oxygen atoms in total. The van der Waals surface area contributed by atoms with E-state index in [0.717, 1.165) is 5.56 Å². The van der Waals surface area contributed by atoms with Gasteiger partial charge in [0.25, 0.3) is 0 Å². The summed E-state index contributed by atoms with van der Waals surface area (Å²) in [5.41, 5.74) is 1.34. The van der Waals surface area contributed by atoms with Gasteiger partial charge in [-0.05, 0) is 42.7 Å². The predicted molar refractivity (Wildman–Crippen MR) is 116 cm³/mol. The van der Waals surface area contributed by atoms with Crippen LogP contribution in [-0.4, -0.2) is 48.7 Å². The number of halogens is 1. The summed E-state index contributed by atoms with van der Waals surface area (Å²) in [6, 6.07) is 10.2. The molecule has 0 aliphatic carbocycles. The summed E-state index contributed by atoms with van der Waals surface area (Å²) < 4.78 is 29.4. The molecule has 2 aliphatic rings. The number of fused-ring (bicyclic) bond motifs is 1. The Morgan fingerprint density at radius 2 is 1.85 bits per heavy atom. The Hall–Kier alpha value is -3.37. The number of aliphatic hydroxyl groups excluding tert-OH is 1. The quantitative estimate of drug-likeness (QED) is 0.505. The number of ether oxygens (including phenoxy) is 3. The largest absolute Gasteiger partial charge is 0.454 e. The summed E-state index contributed by atoms with van der Waals surface area (Å²) in [4.78, 5) is 24.7. The Labute approximate surface area is 190 Å². The number of carbonyl (C=O) groups is 2. The van der Waals surface area contributed by atoms with Crippen LogP contribution in [0.5, 0.6) is 11.5 Å². The Morgan fingerprint density at radius 3 is 2.64 bits per heavy atom. The molecular weight excluding hydrogens is 433 g/mol. The smallest absolute Gasteiger partial charge is 0.319 e. The van der Waals surface area contributed by atoms with Crippen LogP contribution in [0.3, 0.4) is 0 Å². The van der Waals surface area contributed by atoms with Crippen LogP contribution in [0.2, 0.25) is 0 Å². The van der Waals surface area contributed by atoms with Gasteiger partial charge in [-0.1, -0.05) is 12.1 Å². The number of hydrogen-bond acceptors (Lipinski definition) is 6. The topological polar surface area (TPSA) is 118 Å². The zero-order valence-electron chi connectivity index (χ0n) is 17.9. The van der Waals surface area contributed by atoms with Gasteiger partial charge in [-0.15, -0.1) is 0 Å². The van der Waals surface area contributed by atoms with E-state index in [4.69, 9.17) is 14.2 Å². The van der Waals surface area contributed by atoms with Crippen molar-refractivity contribution in [3.63, 3.8) is 0 Å². The molecule has 2 aromatic carbocycles. The lowest BCUT2D eigenvalue weighted by Gasteiger charge is -2.35. The minimum absolute atomic E-state index is 0.133. The number of hydrogen-bond donors (Lipinski definition) is 4. The van der Waals surface area contributed by atoms with Gasteiger partial charge in [-0.3, -0.25) is 4.79 Å². The number of amides is 3. The summed E-state index contributed by atoms with van der Waals surface area (Å²) in [6.45, 7) is 0.149. The monoisotopic (exact) mass is 459 g/mol. The van der Waals surface area contributed by atoms with Crippen LogP contribution >= 0.6 is 0 Å². The lowest BCUT2D eigenvalue weighted by molar-refractivity contribution is -0.130. The van der Waals surface area contributed by atoms with Crippen molar-refractivity contribution in [1.82, 2.24) is 10.6 Å². The highest BCUT2D eigenvalue weighted by Crippen LogP contribution is 2.34. The second-order valence-electron chi connectivity index (χ2n) is 7.94. The first-order valence-corrected chi connectivity index (χ1v) is 10.7. The fourth-order valence-corrected chi connectivity index (χ4v) is 3.84. The van der Waals surface area contributed by atoms with Gasteiger partial charge in [0.2, 0.25) is 12.7 Å². The van der Waals surface area contributed by atoms with E-state index in [9.17, 15) is 19.1 Å². The average molecular weight is 459 g/mol. The molecule has 3 atom stereocenters. The first kappa shape index (κ1) is 22.8. The van der Waals surface area contributed by atoms with E-state index in [2.05, 4.69) is 16.0 Å². The molecular formula is C23H26FN3O6. The first-order valence-electron chi connectivity index (χ1n) is 10.7. The van der Waals surface area contributed by atoms with Crippen molar-refractivity contribution in [1.29, 1.82) is 0 Å². The maximum Gasteiger partial charge on any atom is 0.319 e. The van der Waals surface area contributed by atoms with Gasteiger partial charge in [0.15, 0.2) is 11.5 Å². The van der Waals surface area contributed by atoms with Crippen LogP contribution in [0, 0.1) is 5.82 Å². The van der Waals surface area contributed by atoms with E-state index in [-0.39, 0.29) is 37.6 Å². The Morgan fingerprint density at radius 1 is 1.06 bits per heavy atom. The van der Waals surface area contributed by atoms with E-state index in [1.54, 1.807) is 30.3 Å². The second-order valence-corrected chi connectivity index (χ2v) is 7.94. The van der Waals surface area contributed by atoms with Crippen LogP contribution in [0.15, 0.2) is 42.5 Å². The summed E-state index contributed by atoms with van der Waals surface area (Å²) in [5, 5.41) is 18.1. The van der Waals surface area contributed by atoms with E-state index < -0.39 is 18.2 Å². The molecule has 2 aromatic rings. The summed E-state index contributed by atoms with van der Waals surface area (Å²) >= 11 is 0. The van der Waals surface area contributed by atoms with Gasteiger partial charge in [0.1, 0.15) is 11.9 Å². The molecule has 0 bridgehead atoms. The van der Waals surface area contributed by atoms with Crippen molar-refractivity contribution in [3.8, 4) is 11.5 Å². The summed E-state index contributed by atoms with van der Waals surface area (Å²) in [7, 11) is 0. The molecule has 1 saturated heterocycles. The zero-order chi connectivity index (χ0) is 23.2. The lowest BCUT2D eigenvalue weighted by atomic mass is 9.97. The van der Waals surface area contributed by atoms with Crippen molar-refractivity contribution in [2.24, 2.45) is 0 Å². The molecule has 0 aromatic heterocycles. The molecule has 33 heavy (non-hydrogen) atoms. The number of urea groups is 1. The highest BCUT2D eigenvalue weighted by Gasteiger charge is 2.33. The third kappa shape index (κ3) is 6.11. The van der Waals surface area contributed by atoms with Gasteiger partial charge in [0, 0.05) is 18.3 Å². The van der Waals surface area contributed by atoms with Crippen LogP contribution in [0.4, 0.5) is 14.9 Å². The number of aliphatic hydroxyl groups is 1. The number of nitrogens with one attached hydrogen (secondary N) is 3. The average Bonchev–Trinajstić information content (AvgIpc) is 3.27. The van der Waals surface area contributed by atoms with Gasteiger partial charge in [0.05, 0.1) is 25.2 Å². The molecule has 4 rings (SSSR count). The van der Waals surface area contributed by atoms with Crippen molar-refractivity contribution in [2.75, 3.05) is 18.7 Å². The molecule has 2 heterocycles. The molecule has 0 spiro atoms. The van der Waals surface area contributed by atoms with Crippen molar-refractivity contribution in [2.45, 2.75) is 44.1 Å². The molecule has 1 fully saturated rings. The Balaban J connectivity index is 1.22. The van der Waals surface area contributed by atoms with E-state index in [1.165, 1.54) is 12.1 Å². The molecule has 10 heteroatoms. The minimum Gasteiger partial charge on any atom is -0.454 e. The van der Waals surface area contributed by atoms with Crippen LogP contribution in [0.1, 0.15) is 24.8 Å². The molecule has 0 unspecified atom stereocenters. The molecule has 3 amide bonds. The molecule has 0 saturated carbocycles. The zero-order valence-corrected chi connectivity index (χ0v) is 17.9.